The lowest BCUT2D eigenvalue weighted by Crippen LogP contribution is -2.64. The fraction of sp³-hybridized carbons (Fsp3) is 0.382. The molecule has 220 valence electrons. The highest BCUT2D eigenvalue weighted by molar-refractivity contribution is 5.90. The SMILES string of the molecule is CCCN(CCC(=O)O)C(=O)C1(NC(=O)OCC2c3ccccc3-c3ccccc32)CCN(Cc2ccccc2)CC1. The van der Waals surface area contributed by atoms with E-state index in [2.05, 4.69) is 46.6 Å². The molecule has 3 aromatic rings. The summed E-state index contributed by atoms with van der Waals surface area (Å²) in [6.45, 7) is 4.62. The second kappa shape index (κ2) is 13.2. The summed E-state index contributed by atoms with van der Waals surface area (Å²) in [7, 11) is 0. The summed E-state index contributed by atoms with van der Waals surface area (Å²) in [5, 5.41) is 12.3. The molecular formula is C34H39N3O5. The van der Waals surface area contributed by atoms with E-state index in [1.54, 1.807) is 4.90 Å². The number of hydrogen-bond acceptors (Lipinski definition) is 5. The number of rotatable bonds is 11. The number of likely N-dealkylation sites (tertiary alicyclic amines) is 1. The predicted octanol–water partition coefficient (Wildman–Crippen LogP) is 5.27. The third-order valence-electron chi connectivity index (χ3n) is 8.43. The second-order valence-electron chi connectivity index (χ2n) is 11.2. The van der Waals surface area contributed by atoms with Crippen LogP contribution < -0.4 is 5.32 Å². The first kappa shape index (κ1) is 29.3. The van der Waals surface area contributed by atoms with Crippen LogP contribution in [0, 0.1) is 0 Å². The van der Waals surface area contributed by atoms with Crippen LogP contribution in [-0.4, -0.2) is 71.2 Å². The minimum absolute atomic E-state index is 0.0883. The number of nitrogens with zero attached hydrogens (tertiary/aromatic N) is 2. The highest BCUT2D eigenvalue weighted by Gasteiger charge is 2.45. The van der Waals surface area contributed by atoms with Gasteiger partial charge in [-0.15, -0.1) is 0 Å². The molecule has 0 aromatic heterocycles. The summed E-state index contributed by atoms with van der Waals surface area (Å²) < 4.78 is 5.85. The fourth-order valence-electron chi connectivity index (χ4n) is 6.27. The molecule has 0 unspecified atom stereocenters. The van der Waals surface area contributed by atoms with Crippen LogP contribution in [0.2, 0.25) is 0 Å². The molecule has 0 saturated carbocycles. The third kappa shape index (κ3) is 6.49. The number of alkyl carbamates (subject to hydrolysis) is 1. The molecule has 2 N–H and O–H groups in total. The van der Waals surface area contributed by atoms with E-state index in [0.717, 1.165) is 28.8 Å². The van der Waals surface area contributed by atoms with E-state index in [1.807, 2.05) is 49.4 Å². The van der Waals surface area contributed by atoms with Crippen LogP contribution >= 0.6 is 0 Å². The first-order valence-corrected chi connectivity index (χ1v) is 14.8. The first-order chi connectivity index (χ1) is 20.4. The van der Waals surface area contributed by atoms with Gasteiger partial charge in [0.15, 0.2) is 0 Å². The maximum absolute atomic E-state index is 14.1. The summed E-state index contributed by atoms with van der Waals surface area (Å²) in [4.78, 5) is 42.7. The van der Waals surface area contributed by atoms with Crippen molar-refractivity contribution < 1.29 is 24.2 Å². The molecular weight excluding hydrogens is 530 g/mol. The molecule has 5 rings (SSSR count). The Balaban J connectivity index is 1.31. The van der Waals surface area contributed by atoms with E-state index >= 15 is 0 Å². The summed E-state index contributed by atoms with van der Waals surface area (Å²) in [5.74, 6) is -1.28. The van der Waals surface area contributed by atoms with Crippen LogP contribution in [0.25, 0.3) is 11.1 Å². The summed E-state index contributed by atoms with van der Waals surface area (Å²) in [6, 6.07) is 26.5. The molecule has 0 atom stereocenters. The number of carbonyl (C=O) groups is 3. The van der Waals surface area contributed by atoms with Gasteiger partial charge in [-0.25, -0.2) is 4.79 Å². The van der Waals surface area contributed by atoms with Crippen molar-refractivity contribution >= 4 is 18.0 Å². The molecule has 0 radical (unpaired) electrons. The standard InChI is InChI=1S/C34H39N3O5/c1-2-19-37(20-16-31(38)39)32(40)34(17-21-36(22-18-34)23-25-10-4-3-5-11-25)35-33(41)42-24-30-28-14-8-6-12-26(28)27-13-7-9-15-29(27)30/h3-15,30H,2,16-24H2,1H3,(H,35,41)(H,38,39). The Labute approximate surface area is 247 Å². The van der Waals surface area contributed by atoms with Crippen molar-refractivity contribution in [3.8, 4) is 11.1 Å². The molecule has 2 aliphatic rings. The minimum atomic E-state index is -1.16. The van der Waals surface area contributed by atoms with Crippen LogP contribution in [0.5, 0.6) is 0 Å². The van der Waals surface area contributed by atoms with Gasteiger partial charge in [-0.2, -0.15) is 0 Å². The Bertz CT molecular complexity index is 1360. The van der Waals surface area contributed by atoms with Gasteiger partial charge in [0.2, 0.25) is 5.91 Å². The predicted molar refractivity (Wildman–Crippen MR) is 161 cm³/mol. The zero-order chi connectivity index (χ0) is 29.5. The molecule has 3 aromatic carbocycles. The number of aliphatic carboxylic acids is 1. The lowest BCUT2D eigenvalue weighted by atomic mass is 9.85. The van der Waals surface area contributed by atoms with Gasteiger partial charge in [0.1, 0.15) is 12.1 Å². The smallest absolute Gasteiger partial charge is 0.408 e. The number of benzene rings is 3. The highest BCUT2D eigenvalue weighted by atomic mass is 16.5. The Morgan fingerprint density at radius 3 is 2.10 bits per heavy atom. The van der Waals surface area contributed by atoms with E-state index in [4.69, 9.17) is 4.74 Å². The van der Waals surface area contributed by atoms with Gasteiger partial charge in [-0.1, -0.05) is 85.8 Å². The van der Waals surface area contributed by atoms with E-state index in [1.165, 1.54) is 5.56 Å². The van der Waals surface area contributed by atoms with E-state index in [0.29, 0.717) is 38.9 Å². The van der Waals surface area contributed by atoms with Crippen molar-refractivity contribution in [2.75, 3.05) is 32.8 Å². The number of amides is 2. The number of nitrogens with one attached hydrogen (secondary N) is 1. The lowest BCUT2D eigenvalue weighted by molar-refractivity contribution is -0.142. The van der Waals surface area contributed by atoms with E-state index in [-0.39, 0.29) is 31.4 Å². The lowest BCUT2D eigenvalue weighted by Gasteiger charge is -2.43. The Kier molecular flexibility index (Phi) is 9.22. The molecule has 1 fully saturated rings. The number of piperidine rings is 1. The number of hydrogen-bond donors (Lipinski definition) is 2. The van der Waals surface area contributed by atoms with Crippen LogP contribution in [0.3, 0.4) is 0 Å². The molecule has 8 heteroatoms. The maximum atomic E-state index is 14.1. The fourth-order valence-corrected chi connectivity index (χ4v) is 6.27. The monoisotopic (exact) mass is 569 g/mol. The van der Waals surface area contributed by atoms with Crippen molar-refractivity contribution in [1.29, 1.82) is 0 Å². The molecule has 8 nitrogen and oxygen atoms in total. The maximum Gasteiger partial charge on any atom is 0.408 e. The van der Waals surface area contributed by atoms with Crippen molar-refractivity contribution in [1.82, 2.24) is 15.1 Å². The van der Waals surface area contributed by atoms with Crippen LogP contribution in [0.4, 0.5) is 4.79 Å². The number of carboxylic acids is 1. The summed E-state index contributed by atoms with van der Waals surface area (Å²) in [6.07, 6.45) is 0.738. The van der Waals surface area contributed by atoms with Gasteiger partial charge in [0, 0.05) is 38.6 Å². The molecule has 1 heterocycles. The van der Waals surface area contributed by atoms with E-state index in [9.17, 15) is 19.5 Å². The number of carbonyl (C=O) groups excluding carboxylic acids is 2. The number of fused-ring (bicyclic) bond motifs is 3. The van der Waals surface area contributed by atoms with Crippen molar-refractivity contribution in [3.05, 3.63) is 95.6 Å². The van der Waals surface area contributed by atoms with Gasteiger partial charge in [0.05, 0.1) is 6.42 Å². The Hall–Kier alpha value is -4.17. The first-order valence-electron chi connectivity index (χ1n) is 14.8. The zero-order valence-electron chi connectivity index (χ0n) is 24.1. The summed E-state index contributed by atoms with van der Waals surface area (Å²) >= 11 is 0. The van der Waals surface area contributed by atoms with Crippen LogP contribution in [-0.2, 0) is 20.9 Å². The molecule has 1 aliphatic carbocycles. The largest absolute Gasteiger partial charge is 0.481 e. The third-order valence-corrected chi connectivity index (χ3v) is 8.43. The molecule has 0 spiro atoms. The topological polar surface area (TPSA) is 99.2 Å². The quantitative estimate of drug-likeness (QED) is 0.326. The van der Waals surface area contributed by atoms with Gasteiger partial charge in [-0.3, -0.25) is 14.5 Å². The molecule has 1 aliphatic heterocycles. The van der Waals surface area contributed by atoms with Gasteiger partial charge < -0.3 is 20.1 Å². The van der Waals surface area contributed by atoms with Crippen molar-refractivity contribution in [2.24, 2.45) is 0 Å². The van der Waals surface area contributed by atoms with Gasteiger partial charge in [-0.05, 0) is 47.1 Å². The summed E-state index contributed by atoms with van der Waals surface area (Å²) in [5.41, 5.74) is 4.56. The molecule has 1 saturated heterocycles. The molecule has 0 bridgehead atoms. The number of ether oxygens (including phenoxy) is 1. The molecule has 2 amide bonds. The normalized spacial score (nSPS) is 15.8. The number of carboxylic acid groups (broad SMARTS) is 1. The van der Waals surface area contributed by atoms with Gasteiger partial charge in [0.25, 0.3) is 0 Å². The average molecular weight is 570 g/mol. The molecule has 42 heavy (non-hydrogen) atoms. The van der Waals surface area contributed by atoms with Crippen molar-refractivity contribution in [3.63, 3.8) is 0 Å². The van der Waals surface area contributed by atoms with E-state index < -0.39 is 17.6 Å². The van der Waals surface area contributed by atoms with Gasteiger partial charge >= 0.3 is 12.1 Å². The average Bonchev–Trinajstić information content (AvgIpc) is 3.33. The second-order valence-corrected chi connectivity index (χ2v) is 11.2. The van der Waals surface area contributed by atoms with Crippen LogP contribution in [0.1, 0.15) is 55.2 Å². The minimum Gasteiger partial charge on any atom is -0.481 e. The Morgan fingerprint density at radius 1 is 0.905 bits per heavy atom. The Morgan fingerprint density at radius 2 is 1.50 bits per heavy atom. The highest BCUT2D eigenvalue weighted by Crippen LogP contribution is 2.44. The zero-order valence-corrected chi connectivity index (χ0v) is 24.1. The van der Waals surface area contributed by atoms with Crippen molar-refractivity contribution in [2.45, 2.75) is 50.6 Å². The van der Waals surface area contributed by atoms with Crippen LogP contribution in [0.15, 0.2) is 78.9 Å².